The summed E-state index contributed by atoms with van der Waals surface area (Å²) in [6.45, 7) is 1.90. The number of carbonyl (C=O) groups excluding carboxylic acids is 2. The Morgan fingerprint density at radius 1 is 0.931 bits per heavy atom. The van der Waals surface area contributed by atoms with Crippen molar-refractivity contribution in [3.05, 3.63) is 87.1 Å². The lowest BCUT2D eigenvalue weighted by atomic mass is 9.92. The van der Waals surface area contributed by atoms with E-state index in [4.69, 9.17) is 0 Å². The van der Waals surface area contributed by atoms with E-state index >= 15 is 0 Å². The predicted molar refractivity (Wildman–Crippen MR) is 107 cm³/mol. The van der Waals surface area contributed by atoms with E-state index in [2.05, 4.69) is 0 Å². The van der Waals surface area contributed by atoms with Gasteiger partial charge in [0.2, 0.25) is 0 Å². The quantitative estimate of drug-likeness (QED) is 0.393. The lowest BCUT2D eigenvalue weighted by molar-refractivity contribution is -0.137. The summed E-state index contributed by atoms with van der Waals surface area (Å²) in [5, 5.41) is 1.89. The van der Waals surface area contributed by atoms with E-state index in [0.717, 1.165) is 27.5 Å². The number of carbonyl (C=O) groups is 2. The maximum atomic E-state index is 13.3. The van der Waals surface area contributed by atoms with Gasteiger partial charge >= 0.3 is 6.18 Å². The topological polar surface area (TPSA) is 37.4 Å². The number of rotatable bonds is 2. The molecule has 0 unspecified atom stereocenters. The SMILES string of the molecule is Cc1ccsc1/C=C1\C(=O)N(c2cccc(C(F)(F)F)c2)C(=O)c2ccccc21. The van der Waals surface area contributed by atoms with Crippen LogP contribution < -0.4 is 4.90 Å². The molecular weight excluding hydrogens is 399 g/mol. The van der Waals surface area contributed by atoms with Gasteiger partial charge in [-0.15, -0.1) is 11.3 Å². The van der Waals surface area contributed by atoms with Crippen LogP contribution in [0.3, 0.4) is 0 Å². The molecule has 7 heteroatoms. The van der Waals surface area contributed by atoms with E-state index in [-0.39, 0.29) is 16.8 Å². The highest BCUT2D eigenvalue weighted by molar-refractivity contribution is 7.11. The third kappa shape index (κ3) is 3.38. The van der Waals surface area contributed by atoms with E-state index in [9.17, 15) is 22.8 Å². The van der Waals surface area contributed by atoms with E-state index in [0.29, 0.717) is 5.56 Å². The zero-order valence-electron chi connectivity index (χ0n) is 15.2. The monoisotopic (exact) mass is 413 g/mol. The molecule has 0 radical (unpaired) electrons. The standard InChI is InChI=1S/C22H14F3NO2S/c1-13-9-10-29-19(13)12-18-16-7-2-3-8-17(16)20(27)26(21(18)28)15-6-4-5-14(11-15)22(23,24)25/h2-12H,1H3/b18-12-. The van der Waals surface area contributed by atoms with Gasteiger partial charge in [0.1, 0.15) is 0 Å². The summed E-state index contributed by atoms with van der Waals surface area (Å²) in [5.74, 6) is -1.30. The van der Waals surface area contributed by atoms with Gasteiger partial charge < -0.3 is 0 Å². The third-order valence-corrected chi connectivity index (χ3v) is 5.66. The number of amides is 2. The van der Waals surface area contributed by atoms with Gasteiger partial charge in [-0.25, -0.2) is 4.90 Å². The van der Waals surface area contributed by atoms with Gasteiger partial charge in [0.05, 0.1) is 11.3 Å². The van der Waals surface area contributed by atoms with Crippen molar-refractivity contribution in [1.29, 1.82) is 0 Å². The van der Waals surface area contributed by atoms with Gasteiger partial charge in [0.15, 0.2) is 0 Å². The van der Waals surface area contributed by atoms with Crippen LogP contribution in [-0.4, -0.2) is 11.8 Å². The van der Waals surface area contributed by atoms with Crippen LogP contribution in [0.1, 0.15) is 31.9 Å². The number of halogens is 3. The molecule has 4 rings (SSSR count). The fourth-order valence-corrected chi connectivity index (χ4v) is 4.07. The minimum atomic E-state index is -4.58. The van der Waals surface area contributed by atoms with E-state index in [1.165, 1.54) is 23.5 Å². The van der Waals surface area contributed by atoms with Gasteiger partial charge in [-0.1, -0.05) is 24.3 Å². The third-order valence-electron chi connectivity index (χ3n) is 4.69. The minimum Gasteiger partial charge on any atom is -0.268 e. The number of fused-ring (bicyclic) bond motifs is 1. The Hall–Kier alpha value is -3.19. The summed E-state index contributed by atoms with van der Waals surface area (Å²) >= 11 is 1.44. The Balaban J connectivity index is 1.90. The zero-order valence-corrected chi connectivity index (χ0v) is 16.0. The average Bonchev–Trinajstić information content (AvgIpc) is 3.09. The van der Waals surface area contributed by atoms with Crippen LogP contribution in [0, 0.1) is 6.92 Å². The molecule has 2 aromatic carbocycles. The van der Waals surface area contributed by atoms with Crippen LogP contribution in [-0.2, 0) is 11.0 Å². The highest BCUT2D eigenvalue weighted by Crippen LogP contribution is 2.37. The first-order valence-corrected chi connectivity index (χ1v) is 9.56. The van der Waals surface area contributed by atoms with E-state index in [1.807, 2.05) is 18.4 Å². The van der Waals surface area contributed by atoms with E-state index < -0.39 is 23.6 Å². The molecule has 1 aliphatic rings. The Bertz CT molecular complexity index is 1160. The molecule has 0 N–H and O–H groups in total. The van der Waals surface area contributed by atoms with Gasteiger partial charge in [-0.05, 0) is 54.3 Å². The van der Waals surface area contributed by atoms with Crippen LogP contribution in [0.5, 0.6) is 0 Å². The molecule has 1 aromatic heterocycles. The molecule has 0 saturated heterocycles. The van der Waals surface area contributed by atoms with Gasteiger partial charge in [0, 0.05) is 21.6 Å². The maximum absolute atomic E-state index is 13.3. The number of benzene rings is 2. The summed E-state index contributed by atoms with van der Waals surface area (Å²) in [6.07, 6.45) is -2.89. The van der Waals surface area contributed by atoms with Crippen molar-refractivity contribution >= 4 is 40.5 Å². The first kappa shape index (κ1) is 19.1. The second kappa shape index (κ2) is 7.00. The van der Waals surface area contributed by atoms with E-state index in [1.54, 1.807) is 30.3 Å². The number of imide groups is 1. The number of aryl methyl sites for hydroxylation is 1. The molecule has 0 saturated carbocycles. The molecule has 0 spiro atoms. The van der Waals surface area contributed by atoms with Crippen LogP contribution in [0.25, 0.3) is 11.6 Å². The Morgan fingerprint density at radius 2 is 1.66 bits per heavy atom. The molecule has 0 aliphatic carbocycles. The van der Waals surface area contributed by atoms with Crippen molar-refractivity contribution < 1.29 is 22.8 Å². The number of anilines is 1. The molecule has 3 nitrogen and oxygen atoms in total. The molecule has 2 amide bonds. The molecule has 0 fully saturated rings. The fraction of sp³-hybridized carbons (Fsp3) is 0.0909. The van der Waals surface area contributed by atoms with Crippen LogP contribution >= 0.6 is 11.3 Å². The Kier molecular flexibility index (Phi) is 4.62. The molecule has 1 aliphatic heterocycles. The first-order valence-electron chi connectivity index (χ1n) is 8.68. The number of alkyl halides is 3. The zero-order chi connectivity index (χ0) is 20.8. The van der Waals surface area contributed by atoms with Crippen molar-refractivity contribution in [1.82, 2.24) is 0 Å². The molecule has 3 aromatic rings. The van der Waals surface area contributed by atoms with Crippen LogP contribution in [0.4, 0.5) is 18.9 Å². The normalized spacial score (nSPS) is 15.7. The van der Waals surface area contributed by atoms with Crippen molar-refractivity contribution in [3.8, 4) is 0 Å². The lowest BCUT2D eigenvalue weighted by Crippen LogP contribution is -2.41. The molecule has 0 bridgehead atoms. The van der Waals surface area contributed by atoms with Crippen molar-refractivity contribution in [2.75, 3.05) is 4.90 Å². The summed E-state index contributed by atoms with van der Waals surface area (Å²) in [5.41, 5.74) is 0.939. The Morgan fingerprint density at radius 3 is 2.31 bits per heavy atom. The Labute approximate surface area is 168 Å². The van der Waals surface area contributed by atoms with Crippen molar-refractivity contribution in [2.24, 2.45) is 0 Å². The molecule has 146 valence electrons. The van der Waals surface area contributed by atoms with Gasteiger partial charge in [-0.2, -0.15) is 13.2 Å². The second-order valence-electron chi connectivity index (χ2n) is 6.57. The fourth-order valence-electron chi connectivity index (χ4n) is 3.21. The second-order valence-corrected chi connectivity index (χ2v) is 7.51. The summed E-state index contributed by atoms with van der Waals surface area (Å²) < 4.78 is 39.4. The smallest absolute Gasteiger partial charge is 0.268 e. The minimum absolute atomic E-state index is 0.113. The van der Waals surface area contributed by atoms with Gasteiger partial charge in [0.25, 0.3) is 11.8 Å². The molecule has 29 heavy (non-hydrogen) atoms. The predicted octanol–water partition coefficient (Wildman–Crippen LogP) is 5.80. The summed E-state index contributed by atoms with van der Waals surface area (Å²) in [7, 11) is 0. The maximum Gasteiger partial charge on any atom is 0.416 e. The molecule has 2 heterocycles. The highest BCUT2D eigenvalue weighted by atomic mass is 32.1. The molecular formula is C22H14F3NO2S. The number of hydrogen-bond acceptors (Lipinski definition) is 3. The largest absolute Gasteiger partial charge is 0.416 e. The van der Waals surface area contributed by atoms with Crippen molar-refractivity contribution in [3.63, 3.8) is 0 Å². The van der Waals surface area contributed by atoms with Gasteiger partial charge in [-0.3, -0.25) is 9.59 Å². The number of nitrogens with zero attached hydrogens (tertiary/aromatic N) is 1. The van der Waals surface area contributed by atoms with Crippen LogP contribution in [0.15, 0.2) is 60.0 Å². The number of hydrogen-bond donors (Lipinski definition) is 0. The van der Waals surface area contributed by atoms with Crippen molar-refractivity contribution in [2.45, 2.75) is 13.1 Å². The summed E-state index contributed by atoms with van der Waals surface area (Å²) in [4.78, 5) is 27.9. The average molecular weight is 413 g/mol. The van der Waals surface area contributed by atoms with Crippen LogP contribution in [0.2, 0.25) is 0 Å². The summed E-state index contributed by atoms with van der Waals surface area (Å²) in [6, 6.07) is 12.8. The number of thiophene rings is 1. The lowest BCUT2D eigenvalue weighted by Gasteiger charge is -2.29. The molecule has 0 atom stereocenters. The highest BCUT2D eigenvalue weighted by Gasteiger charge is 2.37. The first-order chi connectivity index (χ1) is 13.8.